The Kier molecular flexibility index (Phi) is 5.80. The number of rotatable bonds is 6. The van der Waals surface area contributed by atoms with Crippen LogP contribution in [-0.4, -0.2) is 9.78 Å². The van der Waals surface area contributed by atoms with E-state index in [9.17, 15) is 0 Å². The van der Waals surface area contributed by atoms with E-state index in [2.05, 4.69) is 18.9 Å². The minimum absolute atomic E-state index is 0.295. The van der Waals surface area contributed by atoms with E-state index in [-0.39, 0.29) is 0 Å². The third-order valence-corrected chi connectivity index (χ3v) is 3.96. The zero-order chi connectivity index (χ0) is 15.4. The van der Waals surface area contributed by atoms with Crippen molar-refractivity contribution in [3.8, 4) is 5.75 Å². The molecule has 114 valence electrons. The van der Waals surface area contributed by atoms with E-state index in [1.165, 1.54) is 0 Å². The molecule has 1 heterocycles. The van der Waals surface area contributed by atoms with E-state index < -0.39 is 0 Å². The molecule has 6 heteroatoms. The maximum Gasteiger partial charge on any atom is 0.142 e. The van der Waals surface area contributed by atoms with Gasteiger partial charge >= 0.3 is 0 Å². The Morgan fingerprint density at radius 1 is 1.19 bits per heavy atom. The molecule has 0 N–H and O–H groups in total. The Morgan fingerprint density at radius 2 is 1.95 bits per heavy atom. The highest BCUT2D eigenvalue weighted by molar-refractivity contribution is 6.36. The molecule has 0 saturated heterocycles. The quantitative estimate of drug-likeness (QED) is 0.681. The molecule has 1 aromatic heterocycles. The zero-order valence-electron chi connectivity index (χ0n) is 12.0. The standard InChI is InChI=1S/C15H17Cl3N2O/c1-3-12-7-13(20(4-2)19-12)9-21-15-10(8-16)5-11(17)6-14(15)18/h5-7H,3-4,8-9H2,1-2H3. The molecule has 2 aromatic rings. The number of alkyl halides is 1. The van der Waals surface area contributed by atoms with Crippen LogP contribution in [-0.2, 0) is 25.5 Å². The Morgan fingerprint density at radius 3 is 2.57 bits per heavy atom. The first-order valence-electron chi connectivity index (χ1n) is 6.81. The summed E-state index contributed by atoms with van der Waals surface area (Å²) < 4.78 is 7.80. The number of ether oxygens (including phenoxy) is 1. The molecule has 2 rings (SSSR count). The van der Waals surface area contributed by atoms with E-state index in [1.54, 1.807) is 12.1 Å². The van der Waals surface area contributed by atoms with Crippen molar-refractivity contribution < 1.29 is 4.74 Å². The normalized spacial score (nSPS) is 10.9. The lowest BCUT2D eigenvalue weighted by molar-refractivity contribution is 0.290. The first-order chi connectivity index (χ1) is 10.1. The minimum Gasteiger partial charge on any atom is -0.485 e. The van der Waals surface area contributed by atoms with E-state index >= 15 is 0 Å². The molecule has 0 aliphatic heterocycles. The summed E-state index contributed by atoms with van der Waals surface area (Å²) in [4.78, 5) is 0. The first-order valence-corrected chi connectivity index (χ1v) is 8.10. The second-order valence-corrected chi connectivity index (χ2v) is 5.71. The van der Waals surface area contributed by atoms with Crippen LogP contribution in [0.4, 0.5) is 0 Å². The average Bonchev–Trinajstić information content (AvgIpc) is 2.88. The van der Waals surface area contributed by atoms with Gasteiger partial charge in [-0.15, -0.1) is 11.6 Å². The van der Waals surface area contributed by atoms with Gasteiger partial charge in [-0.2, -0.15) is 5.10 Å². The second-order valence-electron chi connectivity index (χ2n) is 4.59. The van der Waals surface area contributed by atoms with Crippen molar-refractivity contribution in [2.45, 2.75) is 39.3 Å². The molecule has 0 spiro atoms. The number of hydrogen-bond donors (Lipinski definition) is 0. The van der Waals surface area contributed by atoms with Gasteiger partial charge in [-0.3, -0.25) is 4.68 Å². The summed E-state index contributed by atoms with van der Waals surface area (Å²) in [7, 11) is 0. The summed E-state index contributed by atoms with van der Waals surface area (Å²) >= 11 is 18.1. The predicted octanol–water partition coefficient (Wildman–Crippen LogP) is 5.09. The van der Waals surface area contributed by atoms with E-state index in [0.717, 1.165) is 29.9 Å². The van der Waals surface area contributed by atoms with Gasteiger partial charge in [0.2, 0.25) is 0 Å². The van der Waals surface area contributed by atoms with Crippen LogP contribution in [0.25, 0.3) is 0 Å². The van der Waals surface area contributed by atoms with Crippen molar-refractivity contribution in [1.29, 1.82) is 0 Å². The van der Waals surface area contributed by atoms with E-state index in [4.69, 9.17) is 39.5 Å². The lowest BCUT2D eigenvalue weighted by atomic mass is 10.2. The molecule has 3 nitrogen and oxygen atoms in total. The molecule has 0 atom stereocenters. The molecule has 0 fully saturated rings. The fourth-order valence-corrected chi connectivity index (χ4v) is 2.89. The molecule has 0 aliphatic rings. The van der Waals surface area contributed by atoms with Crippen molar-refractivity contribution in [3.05, 3.63) is 45.2 Å². The zero-order valence-corrected chi connectivity index (χ0v) is 14.3. The Hall–Kier alpha value is -0.900. The molecule has 0 amide bonds. The van der Waals surface area contributed by atoms with Gasteiger partial charge < -0.3 is 4.74 Å². The van der Waals surface area contributed by atoms with Crippen LogP contribution in [0.15, 0.2) is 18.2 Å². The fraction of sp³-hybridized carbons (Fsp3) is 0.400. The van der Waals surface area contributed by atoms with Gasteiger partial charge in [-0.25, -0.2) is 0 Å². The maximum atomic E-state index is 6.20. The van der Waals surface area contributed by atoms with Crippen molar-refractivity contribution in [2.75, 3.05) is 0 Å². The van der Waals surface area contributed by atoms with Gasteiger partial charge in [0.25, 0.3) is 0 Å². The molecule has 0 aliphatic carbocycles. The topological polar surface area (TPSA) is 27.1 Å². The highest BCUT2D eigenvalue weighted by Gasteiger charge is 2.12. The van der Waals surface area contributed by atoms with Gasteiger partial charge in [0.1, 0.15) is 12.4 Å². The molecule has 0 bridgehead atoms. The third kappa shape index (κ3) is 3.85. The number of nitrogens with zero attached hydrogens (tertiary/aromatic N) is 2. The summed E-state index contributed by atoms with van der Waals surface area (Å²) in [6, 6.07) is 5.47. The maximum absolute atomic E-state index is 6.20. The molecule has 0 saturated carbocycles. The predicted molar refractivity (Wildman–Crippen MR) is 87.6 cm³/mol. The van der Waals surface area contributed by atoms with Gasteiger partial charge in [-0.1, -0.05) is 30.1 Å². The van der Waals surface area contributed by atoms with E-state index in [1.807, 2.05) is 10.7 Å². The summed E-state index contributed by atoms with van der Waals surface area (Å²) in [6.07, 6.45) is 0.897. The Balaban J connectivity index is 2.22. The van der Waals surface area contributed by atoms with Gasteiger partial charge in [0.15, 0.2) is 0 Å². The largest absolute Gasteiger partial charge is 0.485 e. The van der Waals surface area contributed by atoms with Crippen LogP contribution in [0.1, 0.15) is 30.8 Å². The van der Waals surface area contributed by atoms with Crippen LogP contribution in [0, 0.1) is 0 Å². The fourth-order valence-electron chi connectivity index (χ4n) is 2.10. The van der Waals surface area contributed by atoms with Crippen molar-refractivity contribution in [2.24, 2.45) is 0 Å². The lowest BCUT2D eigenvalue weighted by Gasteiger charge is -2.13. The molecule has 0 radical (unpaired) electrons. The number of hydrogen-bond acceptors (Lipinski definition) is 2. The molecule has 0 unspecified atom stereocenters. The number of benzene rings is 1. The summed E-state index contributed by atoms with van der Waals surface area (Å²) in [5.74, 6) is 0.876. The lowest BCUT2D eigenvalue weighted by Crippen LogP contribution is -2.07. The highest BCUT2D eigenvalue weighted by Crippen LogP contribution is 2.34. The van der Waals surface area contributed by atoms with Gasteiger partial charge in [0, 0.05) is 17.1 Å². The van der Waals surface area contributed by atoms with Crippen molar-refractivity contribution in [3.63, 3.8) is 0 Å². The first kappa shape index (κ1) is 16.5. The monoisotopic (exact) mass is 346 g/mol. The minimum atomic E-state index is 0.295. The highest BCUT2D eigenvalue weighted by atomic mass is 35.5. The summed E-state index contributed by atoms with van der Waals surface area (Å²) in [5.41, 5.74) is 2.85. The molecular formula is C15H17Cl3N2O. The number of aryl methyl sites for hydroxylation is 2. The number of halogens is 3. The van der Waals surface area contributed by atoms with Crippen LogP contribution in [0.5, 0.6) is 5.75 Å². The van der Waals surface area contributed by atoms with Crippen LogP contribution in [0.2, 0.25) is 10.0 Å². The van der Waals surface area contributed by atoms with Crippen molar-refractivity contribution in [1.82, 2.24) is 9.78 Å². The van der Waals surface area contributed by atoms with Crippen molar-refractivity contribution >= 4 is 34.8 Å². The average molecular weight is 348 g/mol. The number of aromatic nitrogens is 2. The Labute approximate surface area is 139 Å². The molecule has 21 heavy (non-hydrogen) atoms. The van der Waals surface area contributed by atoms with Crippen LogP contribution < -0.4 is 4.74 Å². The summed E-state index contributed by atoms with van der Waals surface area (Å²) in [6.45, 7) is 5.32. The van der Waals surface area contributed by atoms with Gasteiger partial charge in [-0.05, 0) is 31.5 Å². The smallest absolute Gasteiger partial charge is 0.142 e. The third-order valence-electron chi connectivity index (χ3n) is 3.17. The molecular weight excluding hydrogens is 331 g/mol. The summed E-state index contributed by atoms with van der Waals surface area (Å²) in [5, 5.41) is 5.51. The Bertz CT molecular complexity index is 626. The van der Waals surface area contributed by atoms with E-state index in [0.29, 0.717) is 28.3 Å². The van der Waals surface area contributed by atoms with Crippen LogP contribution in [0.3, 0.4) is 0 Å². The second kappa shape index (κ2) is 7.39. The molecule has 1 aromatic carbocycles. The van der Waals surface area contributed by atoms with Gasteiger partial charge in [0.05, 0.1) is 22.3 Å². The SMILES string of the molecule is CCc1cc(COc2c(Cl)cc(Cl)cc2CCl)n(CC)n1. The van der Waals surface area contributed by atoms with Crippen LogP contribution >= 0.6 is 34.8 Å².